The number of aromatic nitrogens is 3. The summed E-state index contributed by atoms with van der Waals surface area (Å²) in [6.07, 6.45) is 1.78. The number of nitrogen functional groups attached to an aromatic ring is 1. The lowest BCUT2D eigenvalue weighted by molar-refractivity contribution is 0.854. The summed E-state index contributed by atoms with van der Waals surface area (Å²) >= 11 is 0. The first-order valence-corrected chi connectivity index (χ1v) is 5.37. The zero-order chi connectivity index (χ0) is 12.3. The summed E-state index contributed by atoms with van der Waals surface area (Å²) in [5.41, 5.74) is 6.69. The summed E-state index contributed by atoms with van der Waals surface area (Å²) in [7, 11) is 1.95. The second-order valence-electron chi connectivity index (χ2n) is 3.88. The van der Waals surface area contributed by atoms with Crippen molar-refractivity contribution >= 4 is 11.6 Å². The standard InChI is InChI=1S/C12H15N5/c1-9-15-11(13)7-12(16-9)17(2)8-10-5-3-4-6-14-10/h3-7H,8H2,1-2H3,(H2,13,15,16). The van der Waals surface area contributed by atoms with Gasteiger partial charge in [-0.2, -0.15) is 0 Å². The van der Waals surface area contributed by atoms with Crippen LogP contribution in [0.25, 0.3) is 0 Å². The number of nitrogens with zero attached hydrogens (tertiary/aromatic N) is 4. The molecule has 0 saturated carbocycles. The second kappa shape index (κ2) is 4.78. The molecule has 88 valence electrons. The second-order valence-corrected chi connectivity index (χ2v) is 3.88. The zero-order valence-corrected chi connectivity index (χ0v) is 9.96. The third kappa shape index (κ3) is 2.90. The Hall–Kier alpha value is -2.17. The fourth-order valence-electron chi connectivity index (χ4n) is 1.59. The number of aryl methyl sites for hydroxylation is 1. The molecule has 2 heterocycles. The largest absolute Gasteiger partial charge is 0.384 e. The SMILES string of the molecule is Cc1nc(N)cc(N(C)Cc2ccccn2)n1. The van der Waals surface area contributed by atoms with Gasteiger partial charge in [0.05, 0.1) is 12.2 Å². The molecule has 2 N–H and O–H groups in total. The predicted molar refractivity (Wildman–Crippen MR) is 67.5 cm³/mol. The molecule has 5 heteroatoms. The Morgan fingerprint density at radius 1 is 1.29 bits per heavy atom. The van der Waals surface area contributed by atoms with Crippen molar-refractivity contribution in [2.45, 2.75) is 13.5 Å². The van der Waals surface area contributed by atoms with Gasteiger partial charge in [0.1, 0.15) is 17.5 Å². The van der Waals surface area contributed by atoms with Crippen molar-refractivity contribution in [3.8, 4) is 0 Å². The van der Waals surface area contributed by atoms with Crippen LogP contribution in [0.15, 0.2) is 30.5 Å². The molecule has 0 fully saturated rings. The van der Waals surface area contributed by atoms with Crippen LogP contribution in [0.5, 0.6) is 0 Å². The maximum Gasteiger partial charge on any atom is 0.134 e. The topological polar surface area (TPSA) is 67.9 Å². The van der Waals surface area contributed by atoms with E-state index in [1.54, 1.807) is 12.3 Å². The molecule has 17 heavy (non-hydrogen) atoms. The normalized spacial score (nSPS) is 10.2. The number of anilines is 2. The van der Waals surface area contributed by atoms with E-state index in [4.69, 9.17) is 5.73 Å². The first-order valence-electron chi connectivity index (χ1n) is 5.37. The summed E-state index contributed by atoms with van der Waals surface area (Å²) in [6, 6.07) is 7.61. The average molecular weight is 229 g/mol. The van der Waals surface area contributed by atoms with E-state index in [0.717, 1.165) is 11.5 Å². The van der Waals surface area contributed by atoms with Gasteiger partial charge >= 0.3 is 0 Å². The minimum absolute atomic E-state index is 0.486. The van der Waals surface area contributed by atoms with Crippen molar-refractivity contribution in [1.29, 1.82) is 0 Å². The van der Waals surface area contributed by atoms with E-state index < -0.39 is 0 Å². The molecule has 0 aliphatic carbocycles. The molecule has 0 bridgehead atoms. The van der Waals surface area contributed by atoms with Gasteiger partial charge < -0.3 is 10.6 Å². The summed E-state index contributed by atoms with van der Waals surface area (Å²) < 4.78 is 0. The summed E-state index contributed by atoms with van der Waals surface area (Å²) in [5.74, 6) is 1.97. The van der Waals surface area contributed by atoms with Crippen LogP contribution in [-0.2, 0) is 6.54 Å². The van der Waals surface area contributed by atoms with Crippen molar-refractivity contribution in [3.05, 3.63) is 42.0 Å². The number of hydrogen-bond donors (Lipinski definition) is 1. The fourth-order valence-corrected chi connectivity index (χ4v) is 1.59. The first kappa shape index (κ1) is 11.3. The van der Waals surface area contributed by atoms with Crippen LogP contribution in [-0.4, -0.2) is 22.0 Å². The monoisotopic (exact) mass is 229 g/mol. The number of rotatable bonds is 3. The van der Waals surface area contributed by atoms with Crippen molar-refractivity contribution in [3.63, 3.8) is 0 Å². The lowest BCUT2D eigenvalue weighted by atomic mass is 10.3. The molecule has 2 rings (SSSR count). The highest BCUT2D eigenvalue weighted by Gasteiger charge is 2.06. The van der Waals surface area contributed by atoms with Crippen molar-refractivity contribution in [2.75, 3.05) is 17.7 Å². The van der Waals surface area contributed by atoms with E-state index >= 15 is 0 Å². The lowest BCUT2D eigenvalue weighted by Crippen LogP contribution is -2.19. The highest BCUT2D eigenvalue weighted by Crippen LogP contribution is 2.14. The van der Waals surface area contributed by atoms with Gasteiger partial charge in [-0.25, -0.2) is 9.97 Å². The quantitative estimate of drug-likeness (QED) is 0.861. The van der Waals surface area contributed by atoms with Crippen molar-refractivity contribution in [2.24, 2.45) is 0 Å². The molecule has 0 aliphatic rings. The predicted octanol–water partition coefficient (Wildman–Crippen LogP) is 1.40. The molecule has 0 spiro atoms. The number of nitrogens with two attached hydrogens (primary N) is 1. The molecule has 0 aromatic carbocycles. The molecule has 5 nitrogen and oxygen atoms in total. The minimum atomic E-state index is 0.486. The molecule has 0 saturated heterocycles. The van der Waals surface area contributed by atoms with Gasteiger partial charge in [0.15, 0.2) is 0 Å². The molecule has 0 radical (unpaired) electrons. The van der Waals surface area contributed by atoms with Crippen LogP contribution < -0.4 is 10.6 Å². The van der Waals surface area contributed by atoms with Gasteiger partial charge in [-0.1, -0.05) is 6.07 Å². The lowest BCUT2D eigenvalue weighted by Gasteiger charge is -2.18. The third-order valence-corrected chi connectivity index (χ3v) is 2.36. The summed E-state index contributed by atoms with van der Waals surface area (Å²) in [4.78, 5) is 14.7. The minimum Gasteiger partial charge on any atom is -0.384 e. The Kier molecular flexibility index (Phi) is 3.18. The van der Waals surface area contributed by atoms with Crippen LogP contribution in [0.3, 0.4) is 0 Å². The maximum absolute atomic E-state index is 5.70. The molecule has 0 atom stereocenters. The molecular weight excluding hydrogens is 214 g/mol. The van der Waals surface area contributed by atoms with Crippen LogP contribution in [0.2, 0.25) is 0 Å². The van der Waals surface area contributed by atoms with Gasteiger partial charge in [0, 0.05) is 19.3 Å². The smallest absolute Gasteiger partial charge is 0.134 e. The highest BCUT2D eigenvalue weighted by molar-refractivity contribution is 5.46. The molecule has 2 aromatic heterocycles. The van der Waals surface area contributed by atoms with Gasteiger partial charge in [-0.3, -0.25) is 4.98 Å². The molecule has 0 unspecified atom stereocenters. The number of pyridine rings is 1. The Morgan fingerprint density at radius 3 is 2.76 bits per heavy atom. The van der Waals surface area contributed by atoms with Gasteiger partial charge in [-0.05, 0) is 19.1 Å². The zero-order valence-electron chi connectivity index (χ0n) is 9.96. The summed E-state index contributed by atoms with van der Waals surface area (Å²) in [6.45, 7) is 2.52. The molecule has 2 aromatic rings. The van der Waals surface area contributed by atoms with Gasteiger partial charge in [-0.15, -0.1) is 0 Å². The van der Waals surface area contributed by atoms with E-state index in [1.807, 2.05) is 37.1 Å². The van der Waals surface area contributed by atoms with Crippen LogP contribution in [0.4, 0.5) is 11.6 Å². The van der Waals surface area contributed by atoms with Gasteiger partial charge in [0.25, 0.3) is 0 Å². The summed E-state index contributed by atoms with van der Waals surface area (Å²) in [5, 5.41) is 0. The van der Waals surface area contributed by atoms with E-state index in [2.05, 4.69) is 15.0 Å². The first-order chi connectivity index (χ1) is 8.15. The van der Waals surface area contributed by atoms with Crippen LogP contribution in [0.1, 0.15) is 11.5 Å². The number of hydrogen-bond acceptors (Lipinski definition) is 5. The Morgan fingerprint density at radius 2 is 2.12 bits per heavy atom. The fraction of sp³-hybridized carbons (Fsp3) is 0.250. The van der Waals surface area contributed by atoms with Crippen molar-refractivity contribution in [1.82, 2.24) is 15.0 Å². The van der Waals surface area contributed by atoms with Gasteiger partial charge in [0.2, 0.25) is 0 Å². The third-order valence-electron chi connectivity index (χ3n) is 2.36. The average Bonchev–Trinajstić information content (AvgIpc) is 2.29. The Balaban J connectivity index is 2.17. The van der Waals surface area contributed by atoms with Crippen LogP contribution >= 0.6 is 0 Å². The molecule has 0 amide bonds. The van der Waals surface area contributed by atoms with Crippen LogP contribution in [0, 0.1) is 6.92 Å². The van der Waals surface area contributed by atoms with E-state index in [1.165, 1.54) is 0 Å². The highest BCUT2D eigenvalue weighted by atomic mass is 15.2. The Labute approximate surface area is 100 Å². The molecule has 0 aliphatic heterocycles. The van der Waals surface area contributed by atoms with E-state index in [9.17, 15) is 0 Å². The molecular formula is C12H15N5. The van der Waals surface area contributed by atoms with Crippen molar-refractivity contribution < 1.29 is 0 Å². The van der Waals surface area contributed by atoms with E-state index in [0.29, 0.717) is 18.2 Å². The van der Waals surface area contributed by atoms with E-state index in [-0.39, 0.29) is 0 Å². The Bertz CT molecular complexity index is 477. The maximum atomic E-state index is 5.70.